The number of pyridine rings is 1. The molecule has 0 aromatic carbocycles. The smallest absolute Gasteiger partial charge is 0.211 e. The highest BCUT2D eigenvalue weighted by atomic mass is 79.9. The van der Waals surface area contributed by atoms with Gasteiger partial charge in [0.05, 0.1) is 18.1 Å². The zero-order chi connectivity index (χ0) is 14.8. The molecular weight excluding hydrogens is 342 g/mol. The van der Waals surface area contributed by atoms with Gasteiger partial charge in [-0.25, -0.2) is 8.42 Å². The van der Waals surface area contributed by atoms with E-state index in [1.807, 2.05) is 19.2 Å². The van der Waals surface area contributed by atoms with E-state index in [1.165, 1.54) is 6.26 Å². The molecule has 1 saturated heterocycles. The van der Waals surface area contributed by atoms with E-state index in [0.29, 0.717) is 6.54 Å². The number of hydrogen-bond donors (Lipinski definition) is 0. The van der Waals surface area contributed by atoms with Crippen LogP contribution in [-0.2, 0) is 10.0 Å². The minimum atomic E-state index is -3.11. The molecule has 0 radical (unpaired) electrons. The highest BCUT2D eigenvalue weighted by Gasteiger charge is 2.29. The molecule has 0 amide bonds. The molecule has 0 atom stereocenters. The van der Waals surface area contributed by atoms with Crippen molar-refractivity contribution < 1.29 is 8.42 Å². The summed E-state index contributed by atoms with van der Waals surface area (Å²) in [5.41, 5.74) is 1.08. The summed E-state index contributed by atoms with van der Waals surface area (Å²) >= 11 is 3.42. The fourth-order valence-corrected chi connectivity index (χ4v) is 4.32. The molecule has 0 bridgehead atoms. The van der Waals surface area contributed by atoms with Gasteiger partial charge < -0.3 is 4.90 Å². The van der Waals surface area contributed by atoms with Crippen LogP contribution in [0.2, 0.25) is 0 Å². The Bertz CT molecular complexity index is 556. The first-order valence-electron chi connectivity index (χ1n) is 6.74. The molecule has 1 fully saturated rings. The van der Waals surface area contributed by atoms with Crippen molar-refractivity contribution in [2.45, 2.75) is 25.8 Å². The van der Waals surface area contributed by atoms with Crippen LogP contribution in [-0.4, -0.2) is 49.6 Å². The maximum Gasteiger partial charge on any atom is 0.211 e. The molecule has 1 aromatic heterocycles. The Morgan fingerprint density at radius 3 is 2.55 bits per heavy atom. The van der Waals surface area contributed by atoms with Crippen LogP contribution in [0, 0.1) is 0 Å². The van der Waals surface area contributed by atoms with E-state index < -0.39 is 10.0 Å². The third-order valence-electron chi connectivity index (χ3n) is 3.67. The van der Waals surface area contributed by atoms with Gasteiger partial charge in [0.1, 0.15) is 0 Å². The van der Waals surface area contributed by atoms with Gasteiger partial charge in [-0.1, -0.05) is 6.92 Å². The summed E-state index contributed by atoms with van der Waals surface area (Å²) in [6.45, 7) is 4.15. The Morgan fingerprint density at radius 2 is 2.05 bits per heavy atom. The quantitative estimate of drug-likeness (QED) is 0.823. The number of aromatic nitrogens is 1. The van der Waals surface area contributed by atoms with Crippen molar-refractivity contribution in [2.75, 3.05) is 30.8 Å². The summed E-state index contributed by atoms with van der Waals surface area (Å²) in [5, 5.41) is 0. The van der Waals surface area contributed by atoms with E-state index in [-0.39, 0.29) is 6.04 Å². The van der Waals surface area contributed by atoms with Gasteiger partial charge in [0.25, 0.3) is 0 Å². The molecule has 0 aliphatic carbocycles. The van der Waals surface area contributed by atoms with Gasteiger partial charge in [-0.05, 0) is 34.8 Å². The third kappa shape index (κ3) is 3.71. The van der Waals surface area contributed by atoms with Gasteiger partial charge >= 0.3 is 0 Å². The second-order valence-electron chi connectivity index (χ2n) is 5.05. The number of piperidine rings is 1. The number of rotatable bonds is 4. The van der Waals surface area contributed by atoms with Gasteiger partial charge in [0, 0.05) is 36.3 Å². The summed E-state index contributed by atoms with van der Waals surface area (Å²) in [4.78, 5) is 6.43. The van der Waals surface area contributed by atoms with Crippen LogP contribution >= 0.6 is 15.9 Å². The fourth-order valence-electron chi connectivity index (χ4n) is 2.75. The van der Waals surface area contributed by atoms with Crippen molar-refractivity contribution in [1.82, 2.24) is 9.29 Å². The largest absolute Gasteiger partial charge is 0.370 e. The summed E-state index contributed by atoms with van der Waals surface area (Å²) in [5.74, 6) is 0. The number of halogens is 1. The van der Waals surface area contributed by atoms with Crippen LogP contribution in [0.5, 0.6) is 0 Å². The van der Waals surface area contributed by atoms with Crippen molar-refractivity contribution in [3.63, 3.8) is 0 Å². The Balaban J connectivity index is 2.02. The van der Waals surface area contributed by atoms with Crippen LogP contribution in [0.4, 0.5) is 5.69 Å². The first kappa shape index (κ1) is 15.7. The molecule has 1 aliphatic heterocycles. The predicted molar refractivity (Wildman–Crippen MR) is 84.4 cm³/mol. The zero-order valence-corrected chi connectivity index (χ0v) is 14.2. The maximum absolute atomic E-state index is 11.8. The summed E-state index contributed by atoms with van der Waals surface area (Å²) in [7, 11) is -3.11. The van der Waals surface area contributed by atoms with E-state index in [9.17, 15) is 8.42 Å². The average Bonchev–Trinajstić information content (AvgIpc) is 2.38. The minimum absolute atomic E-state index is 0.117. The molecular formula is C13H20BrN3O2S. The molecule has 0 N–H and O–H groups in total. The molecule has 0 spiro atoms. The molecule has 1 aliphatic rings. The normalized spacial score (nSPS) is 17.7. The topological polar surface area (TPSA) is 53.5 Å². The first-order chi connectivity index (χ1) is 9.41. The van der Waals surface area contributed by atoms with Gasteiger partial charge in [0.15, 0.2) is 0 Å². The highest BCUT2D eigenvalue weighted by Crippen LogP contribution is 2.25. The lowest BCUT2D eigenvalue weighted by molar-refractivity contribution is 0.285. The van der Waals surface area contributed by atoms with Gasteiger partial charge in [-0.15, -0.1) is 0 Å². The van der Waals surface area contributed by atoms with Crippen LogP contribution in [0.25, 0.3) is 0 Å². The summed E-state index contributed by atoms with van der Waals surface area (Å²) < 4.78 is 26.1. The van der Waals surface area contributed by atoms with E-state index >= 15 is 0 Å². The zero-order valence-electron chi connectivity index (χ0n) is 11.8. The van der Waals surface area contributed by atoms with Crippen LogP contribution < -0.4 is 4.90 Å². The van der Waals surface area contributed by atoms with Gasteiger partial charge in [-0.3, -0.25) is 4.98 Å². The lowest BCUT2D eigenvalue weighted by atomic mass is 10.0. The van der Waals surface area contributed by atoms with E-state index in [2.05, 4.69) is 25.8 Å². The Hall–Kier alpha value is -0.660. The second-order valence-corrected chi connectivity index (χ2v) is 7.90. The van der Waals surface area contributed by atoms with Crippen molar-refractivity contribution in [3.8, 4) is 0 Å². The lowest BCUT2D eigenvalue weighted by Gasteiger charge is -2.37. The predicted octanol–water partition coefficient (Wildman–Crippen LogP) is 2.09. The Labute approximate surface area is 129 Å². The monoisotopic (exact) mass is 361 g/mol. The van der Waals surface area contributed by atoms with Crippen molar-refractivity contribution in [2.24, 2.45) is 0 Å². The molecule has 112 valence electrons. The van der Waals surface area contributed by atoms with Crippen LogP contribution in [0.1, 0.15) is 19.8 Å². The number of anilines is 1. The summed E-state index contributed by atoms with van der Waals surface area (Å²) in [6.07, 6.45) is 6.61. The molecule has 0 unspecified atom stereocenters. The molecule has 20 heavy (non-hydrogen) atoms. The molecule has 1 aromatic rings. The Morgan fingerprint density at radius 1 is 1.40 bits per heavy atom. The minimum Gasteiger partial charge on any atom is -0.370 e. The van der Waals surface area contributed by atoms with Crippen LogP contribution in [0.15, 0.2) is 22.9 Å². The van der Waals surface area contributed by atoms with Crippen LogP contribution in [0.3, 0.4) is 0 Å². The van der Waals surface area contributed by atoms with Gasteiger partial charge in [0.2, 0.25) is 10.0 Å². The average molecular weight is 362 g/mol. The molecule has 2 heterocycles. The van der Waals surface area contributed by atoms with E-state index in [1.54, 1.807) is 10.5 Å². The van der Waals surface area contributed by atoms with Crippen molar-refractivity contribution in [1.29, 1.82) is 0 Å². The molecule has 0 saturated carbocycles. The Kier molecular flexibility index (Phi) is 5.04. The molecule has 7 heteroatoms. The number of nitrogens with zero attached hydrogens (tertiary/aromatic N) is 3. The van der Waals surface area contributed by atoms with Crippen molar-refractivity contribution >= 4 is 31.6 Å². The van der Waals surface area contributed by atoms with E-state index in [4.69, 9.17) is 0 Å². The van der Waals surface area contributed by atoms with E-state index in [0.717, 1.165) is 36.1 Å². The number of sulfonamides is 1. The molecule has 5 nitrogen and oxygen atoms in total. The number of hydrogen-bond acceptors (Lipinski definition) is 4. The summed E-state index contributed by atoms with van der Waals surface area (Å²) in [6, 6.07) is 2.16. The molecule has 2 rings (SSSR count). The van der Waals surface area contributed by atoms with Gasteiger partial charge in [-0.2, -0.15) is 4.31 Å². The van der Waals surface area contributed by atoms with Crippen molar-refractivity contribution in [3.05, 3.63) is 22.9 Å². The SMILES string of the molecule is CCN(C1CCN(c2cncc(Br)c2)CC1)S(C)(=O)=O. The maximum atomic E-state index is 11.8. The highest BCUT2D eigenvalue weighted by molar-refractivity contribution is 9.10. The standard InChI is InChI=1S/C13H20BrN3O2S/c1-3-17(20(2,18)19)12-4-6-16(7-5-12)13-8-11(14)9-15-10-13/h8-10,12H,3-7H2,1-2H3. The second kappa shape index (κ2) is 6.41. The first-order valence-corrected chi connectivity index (χ1v) is 9.38. The fraction of sp³-hybridized carbons (Fsp3) is 0.615. The third-order valence-corrected chi connectivity index (χ3v) is 5.51. The lowest BCUT2D eigenvalue weighted by Crippen LogP contribution is -2.47.